The lowest BCUT2D eigenvalue weighted by atomic mass is 10.2. The number of aromatic nitrogens is 2. The van der Waals surface area contributed by atoms with Crippen LogP contribution in [0.25, 0.3) is 0 Å². The molecular formula is C14H12ClN3O3S. The highest BCUT2D eigenvalue weighted by Crippen LogP contribution is 2.23. The van der Waals surface area contributed by atoms with Crippen LogP contribution in [0.3, 0.4) is 0 Å². The molecule has 1 aromatic heterocycles. The molecule has 0 aliphatic heterocycles. The van der Waals surface area contributed by atoms with Crippen molar-refractivity contribution in [2.24, 2.45) is 0 Å². The number of aromatic carboxylic acids is 1. The lowest BCUT2D eigenvalue weighted by Gasteiger charge is -2.08. The number of halogens is 1. The number of carbonyl (C=O) groups excluding carboxylic acids is 1. The van der Waals surface area contributed by atoms with Gasteiger partial charge >= 0.3 is 5.97 Å². The van der Waals surface area contributed by atoms with E-state index in [0.717, 1.165) is 0 Å². The van der Waals surface area contributed by atoms with Crippen LogP contribution in [0.2, 0.25) is 5.02 Å². The number of benzene rings is 1. The molecule has 0 saturated carbocycles. The molecule has 6 nitrogen and oxygen atoms in total. The second-order valence-electron chi connectivity index (χ2n) is 4.18. The molecule has 0 spiro atoms. The maximum Gasteiger partial charge on any atom is 0.335 e. The molecule has 2 rings (SSSR count). The van der Waals surface area contributed by atoms with Crippen molar-refractivity contribution in [2.45, 2.75) is 11.6 Å². The number of rotatable bonds is 6. The SMILES string of the molecule is O=C(CCSc1ncccn1)Nc1cc(C(=O)O)ccc1Cl. The highest BCUT2D eigenvalue weighted by molar-refractivity contribution is 7.99. The third-order valence-corrected chi connectivity index (χ3v) is 3.80. The van der Waals surface area contributed by atoms with Gasteiger partial charge in [-0.2, -0.15) is 0 Å². The van der Waals surface area contributed by atoms with Crippen LogP contribution in [-0.2, 0) is 4.79 Å². The normalized spacial score (nSPS) is 10.2. The number of carboxylic acids is 1. The first kappa shape index (κ1) is 16.3. The van der Waals surface area contributed by atoms with E-state index < -0.39 is 5.97 Å². The van der Waals surface area contributed by atoms with Crippen molar-refractivity contribution in [2.75, 3.05) is 11.1 Å². The summed E-state index contributed by atoms with van der Waals surface area (Å²) in [5.41, 5.74) is 0.347. The van der Waals surface area contributed by atoms with Crippen LogP contribution >= 0.6 is 23.4 Å². The quantitative estimate of drug-likeness (QED) is 0.622. The monoisotopic (exact) mass is 337 g/mol. The van der Waals surface area contributed by atoms with Crippen molar-refractivity contribution in [1.82, 2.24) is 9.97 Å². The summed E-state index contributed by atoms with van der Waals surface area (Å²) in [5, 5.41) is 12.4. The van der Waals surface area contributed by atoms with Crippen molar-refractivity contribution < 1.29 is 14.7 Å². The molecule has 0 bridgehead atoms. The van der Waals surface area contributed by atoms with Crippen LogP contribution < -0.4 is 5.32 Å². The van der Waals surface area contributed by atoms with Gasteiger partial charge in [0.2, 0.25) is 5.91 Å². The van der Waals surface area contributed by atoms with E-state index in [1.807, 2.05) is 0 Å². The van der Waals surface area contributed by atoms with E-state index in [1.54, 1.807) is 18.5 Å². The van der Waals surface area contributed by atoms with Crippen LogP contribution in [0.15, 0.2) is 41.8 Å². The highest BCUT2D eigenvalue weighted by atomic mass is 35.5. The Labute approximate surface area is 135 Å². The number of nitrogens with one attached hydrogen (secondary N) is 1. The van der Waals surface area contributed by atoms with Gasteiger partial charge in [-0.05, 0) is 24.3 Å². The summed E-state index contributed by atoms with van der Waals surface area (Å²) in [4.78, 5) is 30.8. The number of hydrogen-bond acceptors (Lipinski definition) is 5. The fraction of sp³-hybridized carbons (Fsp3) is 0.143. The highest BCUT2D eigenvalue weighted by Gasteiger charge is 2.10. The topological polar surface area (TPSA) is 92.2 Å². The van der Waals surface area contributed by atoms with Crippen molar-refractivity contribution >= 4 is 40.9 Å². The van der Waals surface area contributed by atoms with Crippen molar-refractivity contribution in [3.8, 4) is 0 Å². The van der Waals surface area contributed by atoms with E-state index in [0.29, 0.717) is 10.9 Å². The number of anilines is 1. The maximum absolute atomic E-state index is 11.9. The number of thioether (sulfide) groups is 1. The van der Waals surface area contributed by atoms with Crippen LogP contribution in [0.4, 0.5) is 5.69 Å². The summed E-state index contributed by atoms with van der Waals surface area (Å²) in [7, 11) is 0. The molecule has 1 amide bonds. The van der Waals surface area contributed by atoms with Gasteiger partial charge in [-0.1, -0.05) is 23.4 Å². The average molecular weight is 338 g/mol. The van der Waals surface area contributed by atoms with Crippen molar-refractivity contribution in [3.63, 3.8) is 0 Å². The number of hydrogen-bond donors (Lipinski definition) is 2. The van der Waals surface area contributed by atoms with Gasteiger partial charge in [-0.15, -0.1) is 0 Å². The van der Waals surface area contributed by atoms with Gasteiger partial charge in [0, 0.05) is 24.6 Å². The maximum atomic E-state index is 11.9. The molecule has 0 aliphatic carbocycles. The fourth-order valence-electron chi connectivity index (χ4n) is 1.56. The second kappa shape index (κ2) is 7.77. The summed E-state index contributed by atoms with van der Waals surface area (Å²) in [6.07, 6.45) is 3.50. The van der Waals surface area contributed by atoms with E-state index in [4.69, 9.17) is 16.7 Å². The Morgan fingerprint density at radius 3 is 2.68 bits per heavy atom. The molecular weight excluding hydrogens is 326 g/mol. The summed E-state index contributed by atoms with van der Waals surface area (Å²) in [5.74, 6) is -0.830. The molecule has 2 aromatic rings. The lowest BCUT2D eigenvalue weighted by Crippen LogP contribution is -2.13. The summed E-state index contributed by atoms with van der Waals surface area (Å²) < 4.78 is 0. The number of carboxylic acid groups (broad SMARTS) is 1. The van der Waals surface area contributed by atoms with E-state index in [2.05, 4.69) is 15.3 Å². The Bertz CT molecular complexity index is 682. The Kier molecular flexibility index (Phi) is 5.74. The van der Waals surface area contributed by atoms with Gasteiger partial charge in [0.25, 0.3) is 0 Å². The van der Waals surface area contributed by atoms with Gasteiger partial charge in [0.15, 0.2) is 5.16 Å². The second-order valence-corrected chi connectivity index (χ2v) is 5.65. The minimum Gasteiger partial charge on any atom is -0.478 e. The Morgan fingerprint density at radius 1 is 1.27 bits per heavy atom. The molecule has 114 valence electrons. The van der Waals surface area contributed by atoms with E-state index in [-0.39, 0.29) is 28.6 Å². The number of amides is 1. The van der Waals surface area contributed by atoms with Gasteiger partial charge in [-0.25, -0.2) is 14.8 Å². The minimum atomic E-state index is -1.08. The molecule has 0 fully saturated rings. The Balaban J connectivity index is 1.89. The van der Waals surface area contributed by atoms with Crippen LogP contribution in [0.1, 0.15) is 16.8 Å². The first-order chi connectivity index (χ1) is 10.6. The molecule has 0 atom stereocenters. The van der Waals surface area contributed by atoms with E-state index >= 15 is 0 Å². The molecule has 8 heteroatoms. The van der Waals surface area contributed by atoms with Gasteiger partial charge < -0.3 is 10.4 Å². The zero-order valence-corrected chi connectivity index (χ0v) is 12.9. The molecule has 0 unspecified atom stereocenters. The van der Waals surface area contributed by atoms with Crippen LogP contribution in [-0.4, -0.2) is 32.7 Å². The third kappa shape index (κ3) is 4.71. The zero-order chi connectivity index (χ0) is 15.9. The first-order valence-corrected chi connectivity index (χ1v) is 7.65. The van der Waals surface area contributed by atoms with Crippen LogP contribution in [0.5, 0.6) is 0 Å². The van der Waals surface area contributed by atoms with E-state index in [9.17, 15) is 9.59 Å². The van der Waals surface area contributed by atoms with Gasteiger partial charge in [0.05, 0.1) is 16.3 Å². The molecule has 0 aliphatic rings. The molecule has 1 aromatic carbocycles. The summed E-state index contributed by atoms with van der Waals surface area (Å²) in [6.45, 7) is 0. The minimum absolute atomic E-state index is 0.0618. The smallest absolute Gasteiger partial charge is 0.335 e. The molecule has 22 heavy (non-hydrogen) atoms. The summed E-state index contributed by atoms with van der Waals surface area (Å²) >= 11 is 7.30. The first-order valence-electron chi connectivity index (χ1n) is 6.29. The Morgan fingerprint density at radius 2 is 2.00 bits per heavy atom. The molecule has 0 radical (unpaired) electrons. The summed E-state index contributed by atoms with van der Waals surface area (Å²) in [6, 6.07) is 5.86. The average Bonchev–Trinajstić information content (AvgIpc) is 2.50. The molecule has 0 saturated heterocycles. The fourth-order valence-corrected chi connectivity index (χ4v) is 2.47. The predicted octanol–water partition coefficient (Wildman–Crippen LogP) is 2.95. The molecule has 1 heterocycles. The molecule has 2 N–H and O–H groups in total. The largest absolute Gasteiger partial charge is 0.478 e. The lowest BCUT2D eigenvalue weighted by molar-refractivity contribution is -0.115. The van der Waals surface area contributed by atoms with Gasteiger partial charge in [0.1, 0.15) is 0 Å². The van der Waals surface area contributed by atoms with Crippen molar-refractivity contribution in [1.29, 1.82) is 0 Å². The number of carbonyl (C=O) groups is 2. The third-order valence-electron chi connectivity index (χ3n) is 2.59. The predicted molar refractivity (Wildman–Crippen MR) is 84.4 cm³/mol. The zero-order valence-electron chi connectivity index (χ0n) is 11.3. The van der Waals surface area contributed by atoms with Gasteiger partial charge in [-0.3, -0.25) is 4.79 Å². The number of nitrogens with zero attached hydrogens (tertiary/aromatic N) is 2. The van der Waals surface area contributed by atoms with E-state index in [1.165, 1.54) is 30.0 Å². The van der Waals surface area contributed by atoms with Crippen LogP contribution in [0, 0.1) is 0 Å². The van der Waals surface area contributed by atoms with Crippen molar-refractivity contribution in [3.05, 3.63) is 47.2 Å². The Hall–Kier alpha value is -2.12. The standard InChI is InChI=1S/C14H12ClN3O3S/c15-10-3-2-9(13(20)21)8-11(10)18-12(19)4-7-22-14-16-5-1-6-17-14/h1-3,5-6,8H,4,7H2,(H,18,19)(H,20,21).